The van der Waals surface area contributed by atoms with Crippen molar-refractivity contribution < 1.29 is 39.8 Å². The van der Waals surface area contributed by atoms with Gasteiger partial charge in [-0.2, -0.15) is 0 Å². The summed E-state index contributed by atoms with van der Waals surface area (Å²) in [6, 6.07) is -0.796. The topological polar surface area (TPSA) is 149 Å². The molecule has 0 aliphatic carbocycles. The van der Waals surface area contributed by atoms with Gasteiger partial charge in [0.25, 0.3) is 0 Å². The molecule has 1 rings (SSSR count). The SMILES string of the molecule is CCCCCCCCCC/C=C/[C@@H](O)[C@H](CO[C@H]1O[C@@H](CO)[C@H](O)C(O)C1O)NC(=O)CCCCCCCCCCCCCCCCCCC. The van der Waals surface area contributed by atoms with Gasteiger partial charge in [-0.05, 0) is 19.3 Å². The zero-order valence-corrected chi connectivity index (χ0v) is 32.2. The van der Waals surface area contributed by atoms with Crippen LogP contribution in [-0.2, 0) is 14.3 Å². The summed E-state index contributed by atoms with van der Waals surface area (Å²) in [5, 5.41) is 53.9. The van der Waals surface area contributed by atoms with Gasteiger partial charge in [0.2, 0.25) is 5.91 Å². The second-order valence-corrected chi connectivity index (χ2v) is 14.8. The van der Waals surface area contributed by atoms with Crippen LogP contribution in [0.3, 0.4) is 0 Å². The molecule has 296 valence electrons. The normalized spacial score (nSPS) is 22.3. The average molecular weight is 714 g/mol. The van der Waals surface area contributed by atoms with Gasteiger partial charge in [0, 0.05) is 6.42 Å². The summed E-state index contributed by atoms with van der Waals surface area (Å²) in [4.78, 5) is 12.9. The van der Waals surface area contributed by atoms with Gasteiger partial charge < -0.3 is 40.3 Å². The maximum atomic E-state index is 12.9. The van der Waals surface area contributed by atoms with Crippen molar-refractivity contribution in [3.63, 3.8) is 0 Å². The van der Waals surface area contributed by atoms with Gasteiger partial charge in [0.1, 0.15) is 24.4 Å². The fraction of sp³-hybridized carbons (Fsp3) is 0.927. The summed E-state index contributed by atoms with van der Waals surface area (Å²) in [6.07, 6.45) is 28.3. The summed E-state index contributed by atoms with van der Waals surface area (Å²) in [6.45, 7) is 3.75. The van der Waals surface area contributed by atoms with Gasteiger partial charge in [0.15, 0.2) is 6.29 Å². The van der Waals surface area contributed by atoms with Crippen LogP contribution >= 0.6 is 0 Å². The fourth-order valence-corrected chi connectivity index (χ4v) is 6.68. The van der Waals surface area contributed by atoms with Crippen molar-refractivity contribution in [3.8, 4) is 0 Å². The minimum atomic E-state index is -1.56. The molecule has 50 heavy (non-hydrogen) atoms. The summed E-state index contributed by atoms with van der Waals surface area (Å²) in [5.74, 6) is -0.177. The van der Waals surface area contributed by atoms with E-state index in [1.807, 2.05) is 6.08 Å². The molecule has 0 aromatic heterocycles. The Bertz CT molecular complexity index is 797. The molecule has 0 aromatic rings. The molecule has 2 unspecified atom stereocenters. The Hall–Kier alpha value is -1.07. The van der Waals surface area contributed by atoms with Gasteiger partial charge in [-0.25, -0.2) is 0 Å². The molecular weight excluding hydrogens is 634 g/mol. The first-order chi connectivity index (χ1) is 24.3. The van der Waals surface area contributed by atoms with Gasteiger partial charge in [-0.1, -0.05) is 174 Å². The third-order valence-corrected chi connectivity index (χ3v) is 10.1. The predicted octanol–water partition coefficient (Wildman–Crippen LogP) is 7.78. The molecule has 1 aliphatic heterocycles. The van der Waals surface area contributed by atoms with E-state index in [2.05, 4.69) is 19.2 Å². The number of allylic oxidation sites excluding steroid dienone is 1. The molecular formula is C41H79NO8. The van der Waals surface area contributed by atoms with E-state index in [0.29, 0.717) is 6.42 Å². The Balaban J connectivity index is 2.36. The van der Waals surface area contributed by atoms with E-state index in [1.54, 1.807) is 6.08 Å². The summed E-state index contributed by atoms with van der Waals surface area (Å²) < 4.78 is 11.2. The third-order valence-electron chi connectivity index (χ3n) is 10.1. The summed E-state index contributed by atoms with van der Waals surface area (Å²) in [7, 11) is 0. The van der Waals surface area contributed by atoms with Crippen LogP contribution in [0.5, 0.6) is 0 Å². The van der Waals surface area contributed by atoms with Gasteiger partial charge in [-0.15, -0.1) is 0 Å². The Labute approximate surface area is 306 Å². The number of rotatable bonds is 34. The Morgan fingerprint density at radius 3 is 1.56 bits per heavy atom. The lowest BCUT2D eigenvalue weighted by atomic mass is 9.99. The molecule has 0 aromatic carbocycles. The number of carbonyl (C=O) groups excluding carboxylic acids is 1. The molecule has 9 nitrogen and oxygen atoms in total. The molecule has 1 saturated heterocycles. The number of nitrogens with one attached hydrogen (secondary N) is 1. The number of aliphatic hydroxyl groups is 5. The van der Waals surface area contributed by atoms with E-state index >= 15 is 0 Å². The van der Waals surface area contributed by atoms with E-state index in [4.69, 9.17) is 9.47 Å². The molecule has 1 amide bonds. The molecule has 7 atom stereocenters. The Kier molecular flexibility index (Phi) is 30.6. The molecule has 6 N–H and O–H groups in total. The lowest BCUT2D eigenvalue weighted by Crippen LogP contribution is -2.60. The summed E-state index contributed by atoms with van der Waals surface area (Å²) in [5.41, 5.74) is 0. The van der Waals surface area contributed by atoms with Crippen LogP contribution in [0, 0.1) is 0 Å². The van der Waals surface area contributed by atoms with Crippen molar-refractivity contribution >= 4 is 5.91 Å². The molecule has 1 heterocycles. The van der Waals surface area contributed by atoms with Gasteiger partial charge in [-0.3, -0.25) is 4.79 Å². The van der Waals surface area contributed by atoms with E-state index in [0.717, 1.165) is 38.5 Å². The molecule has 0 radical (unpaired) electrons. The zero-order chi connectivity index (χ0) is 36.7. The molecule has 0 bridgehead atoms. The largest absolute Gasteiger partial charge is 0.394 e. The van der Waals surface area contributed by atoms with Crippen LogP contribution in [0.25, 0.3) is 0 Å². The van der Waals surface area contributed by atoms with Gasteiger partial charge in [0.05, 0.1) is 25.4 Å². The number of carbonyl (C=O) groups is 1. The highest BCUT2D eigenvalue weighted by Gasteiger charge is 2.44. The maximum Gasteiger partial charge on any atom is 0.220 e. The lowest BCUT2D eigenvalue weighted by Gasteiger charge is -2.40. The van der Waals surface area contributed by atoms with Crippen molar-refractivity contribution in [2.45, 2.75) is 230 Å². The highest BCUT2D eigenvalue weighted by Crippen LogP contribution is 2.22. The third kappa shape index (κ3) is 23.5. The van der Waals surface area contributed by atoms with Crippen molar-refractivity contribution in [1.29, 1.82) is 0 Å². The quantitative estimate of drug-likeness (QED) is 0.0293. The number of unbranched alkanes of at least 4 members (excludes halogenated alkanes) is 24. The molecule has 1 aliphatic rings. The van der Waals surface area contributed by atoms with E-state index in [-0.39, 0.29) is 12.5 Å². The van der Waals surface area contributed by atoms with Crippen molar-refractivity contribution in [1.82, 2.24) is 5.32 Å². The van der Waals surface area contributed by atoms with Crippen molar-refractivity contribution in [2.75, 3.05) is 13.2 Å². The molecule has 1 fully saturated rings. The predicted molar refractivity (Wildman–Crippen MR) is 203 cm³/mol. The minimum Gasteiger partial charge on any atom is -0.394 e. The smallest absolute Gasteiger partial charge is 0.220 e. The standard InChI is InChI=1S/C41H79NO8/c1-3-5-7-9-11-13-15-16-17-18-19-20-21-23-25-27-29-31-37(45)42-34(33-49-41-40(48)39(47)38(46)36(32-43)50-41)35(44)30-28-26-24-22-14-12-10-8-6-4-2/h28,30,34-36,38-41,43-44,46-48H,3-27,29,31-33H2,1-2H3,(H,42,45)/b30-28+/t34-,35+,36-,38-,39?,40?,41-/m0/s1. The van der Waals surface area contributed by atoms with Crippen LogP contribution in [-0.4, -0.2) is 87.5 Å². The van der Waals surface area contributed by atoms with E-state index in [9.17, 15) is 30.3 Å². The van der Waals surface area contributed by atoms with Gasteiger partial charge >= 0.3 is 0 Å². The van der Waals surface area contributed by atoms with Crippen LogP contribution < -0.4 is 5.32 Å². The maximum absolute atomic E-state index is 12.9. The minimum absolute atomic E-state index is 0.177. The van der Waals surface area contributed by atoms with E-state index < -0.39 is 49.5 Å². The first-order valence-electron chi connectivity index (χ1n) is 20.9. The Morgan fingerprint density at radius 1 is 0.660 bits per heavy atom. The van der Waals surface area contributed by atoms with Crippen LogP contribution in [0.1, 0.15) is 187 Å². The van der Waals surface area contributed by atoms with Crippen LogP contribution in [0.2, 0.25) is 0 Å². The van der Waals surface area contributed by atoms with Crippen molar-refractivity contribution in [3.05, 3.63) is 12.2 Å². The van der Waals surface area contributed by atoms with Crippen molar-refractivity contribution in [2.24, 2.45) is 0 Å². The molecule has 0 saturated carbocycles. The Morgan fingerprint density at radius 2 is 1.10 bits per heavy atom. The number of amides is 1. The average Bonchev–Trinajstić information content (AvgIpc) is 3.11. The molecule has 9 heteroatoms. The lowest BCUT2D eigenvalue weighted by molar-refractivity contribution is -0.302. The number of ether oxygens (including phenoxy) is 2. The second-order valence-electron chi connectivity index (χ2n) is 14.8. The monoisotopic (exact) mass is 714 g/mol. The van der Waals surface area contributed by atoms with Crippen LogP contribution in [0.15, 0.2) is 12.2 Å². The van der Waals surface area contributed by atoms with E-state index in [1.165, 1.54) is 128 Å². The number of hydrogen-bond acceptors (Lipinski definition) is 8. The zero-order valence-electron chi connectivity index (χ0n) is 32.2. The number of aliphatic hydroxyl groups excluding tert-OH is 5. The highest BCUT2D eigenvalue weighted by molar-refractivity contribution is 5.76. The molecule has 0 spiro atoms. The second kappa shape index (κ2) is 32.6. The highest BCUT2D eigenvalue weighted by atomic mass is 16.7. The first kappa shape index (κ1) is 47.0. The number of hydrogen-bond donors (Lipinski definition) is 6. The summed E-state index contributed by atoms with van der Waals surface area (Å²) >= 11 is 0. The first-order valence-corrected chi connectivity index (χ1v) is 20.9. The van der Waals surface area contributed by atoms with Crippen LogP contribution in [0.4, 0.5) is 0 Å². The fourth-order valence-electron chi connectivity index (χ4n) is 6.68.